The fourth-order valence-corrected chi connectivity index (χ4v) is 2.73. The van der Waals surface area contributed by atoms with E-state index in [0.29, 0.717) is 23.8 Å². The van der Waals surface area contributed by atoms with E-state index in [-0.39, 0.29) is 24.3 Å². The lowest BCUT2D eigenvalue weighted by atomic mass is 10.1. The minimum absolute atomic E-state index is 0.0580. The number of anilines is 1. The topological polar surface area (TPSA) is 93.4 Å². The van der Waals surface area contributed by atoms with Crippen molar-refractivity contribution >= 4 is 17.5 Å². The average Bonchev–Trinajstić information content (AvgIpc) is 3.06. The molecular weight excluding hydrogens is 294 g/mol. The first-order valence-corrected chi connectivity index (χ1v) is 8.06. The van der Waals surface area contributed by atoms with Gasteiger partial charge in [-0.2, -0.15) is 0 Å². The normalized spacial score (nSPS) is 16.1. The molecule has 6 heteroatoms. The molecule has 2 rings (SSSR count). The lowest BCUT2D eigenvalue weighted by Gasteiger charge is -2.13. The molecule has 23 heavy (non-hydrogen) atoms. The van der Waals surface area contributed by atoms with Gasteiger partial charge in [-0.1, -0.05) is 12.8 Å². The number of nitrogens with two attached hydrogens (primary N) is 1. The van der Waals surface area contributed by atoms with Gasteiger partial charge in [-0.15, -0.1) is 0 Å². The van der Waals surface area contributed by atoms with E-state index in [2.05, 4.69) is 10.6 Å². The van der Waals surface area contributed by atoms with E-state index in [9.17, 15) is 9.59 Å². The van der Waals surface area contributed by atoms with Gasteiger partial charge in [0.05, 0.1) is 12.5 Å². The van der Waals surface area contributed by atoms with Gasteiger partial charge >= 0.3 is 0 Å². The molecule has 1 unspecified atom stereocenters. The maximum absolute atomic E-state index is 12.1. The van der Waals surface area contributed by atoms with Crippen molar-refractivity contribution in [3.63, 3.8) is 0 Å². The maximum atomic E-state index is 12.1. The van der Waals surface area contributed by atoms with Crippen LogP contribution in [0.4, 0.5) is 5.69 Å². The summed E-state index contributed by atoms with van der Waals surface area (Å²) in [6.45, 7) is 0.296. The summed E-state index contributed by atoms with van der Waals surface area (Å²) in [5.41, 5.74) is 6.75. The van der Waals surface area contributed by atoms with Crippen LogP contribution < -0.4 is 16.4 Å². The zero-order chi connectivity index (χ0) is 16.7. The lowest BCUT2D eigenvalue weighted by molar-refractivity contribution is -0.118. The Morgan fingerprint density at radius 1 is 1.26 bits per heavy atom. The summed E-state index contributed by atoms with van der Waals surface area (Å²) in [6, 6.07) is 7.19. The maximum Gasteiger partial charge on any atom is 0.251 e. The molecule has 6 nitrogen and oxygen atoms in total. The predicted octanol–water partition coefficient (Wildman–Crippen LogP) is 1.66. The minimum atomic E-state index is -0.286. The van der Waals surface area contributed by atoms with Crippen molar-refractivity contribution < 1.29 is 14.3 Å². The van der Waals surface area contributed by atoms with Gasteiger partial charge in [0, 0.05) is 30.9 Å². The first-order valence-electron chi connectivity index (χ1n) is 8.06. The van der Waals surface area contributed by atoms with Crippen molar-refractivity contribution in [2.24, 2.45) is 5.73 Å². The standard InChI is InChI=1S/C17H25N3O3/c1-23-15(11-18)10-16(21)19-14-8-6-12(7-9-14)17(22)20-13-4-2-3-5-13/h6-9,13,15H,2-5,10-11,18H2,1H3,(H,19,21)(H,20,22). The molecule has 1 aromatic rings. The van der Waals surface area contributed by atoms with Crippen LogP contribution in [0, 0.1) is 0 Å². The van der Waals surface area contributed by atoms with E-state index in [0.717, 1.165) is 12.8 Å². The summed E-state index contributed by atoms with van der Waals surface area (Å²) in [5, 5.41) is 5.81. The van der Waals surface area contributed by atoms with Crippen LogP contribution in [0.25, 0.3) is 0 Å². The van der Waals surface area contributed by atoms with Crippen molar-refractivity contribution in [1.82, 2.24) is 5.32 Å². The summed E-state index contributed by atoms with van der Waals surface area (Å²) in [4.78, 5) is 24.0. The zero-order valence-corrected chi connectivity index (χ0v) is 13.5. The highest BCUT2D eigenvalue weighted by Gasteiger charge is 2.18. The molecule has 0 bridgehead atoms. The summed E-state index contributed by atoms with van der Waals surface area (Å²) in [7, 11) is 1.53. The molecule has 0 spiro atoms. The highest BCUT2D eigenvalue weighted by molar-refractivity contribution is 5.96. The number of hydrogen-bond donors (Lipinski definition) is 3. The second-order valence-corrected chi connectivity index (χ2v) is 5.88. The molecule has 1 aliphatic carbocycles. The third-order valence-electron chi connectivity index (χ3n) is 4.13. The molecule has 0 heterocycles. The van der Waals surface area contributed by atoms with Crippen molar-refractivity contribution in [2.45, 2.75) is 44.2 Å². The van der Waals surface area contributed by atoms with Gasteiger partial charge in [-0.3, -0.25) is 9.59 Å². The summed E-state index contributed by atoms with van der Waals surface area (Å²) in [6.07, 6.45) is 4.40. The zero-order valence-electron chi connectivity index (χ0n) is 13.5. The number of amides is 2. The molecule has 0 aromatic heterocycles. The second kappa shape index (κ2) is 8.64. The summed E-state index contributed by atoms with van der Waals surface area (Å²) < 4.78 is 5.08. The van der Waals surface area contributed by atoms with Crippen LogP contribution in [-0.2, 0) is 9.53 Å². The van der Waals surface area contributed by atoms with Gasteiger partial charge in [0.2, 0.25) is 5.91 Å². The molecule has 1 atom stereocenters. The van der Waals surface area contributed by atoms with Gasteiger partial charge in [0.1, 0.15) is 0 Å². The minimum Gasteiger partial charge on any atom is -0.380 e. The molecule has 0 aliphatic heterocycles. The van der Waals surface area contributed by atoms with Gasteiger partial charge in [0.25, 0.3) is 5.91 Å². The summed E-state index contributed by atoms with van der Waals surface area (Å²) in [5.74, 6) is -0.220. The van der Waals surface area contributed by atoms with Crippen LogP contribution >= 0.6 is 0 Å². The number of benzene rings is 1. The highest BCUT2D eigenvalue weighted by Crippen LogP contribution is 2.18. The van der Waals surface area contributed by atoms with Gasteiger partial charge < -0.3 is 21.1 Å². The Balaban J connectivity index is 1.86. The molecule has 0 radical (unpaired) electrons. The van der Waals surface area contributed by atoms with Crippen LogP contribution in [0.1, 0.15) is 42.5 Å². The van der Waals surface area contributed by atoms with Crippen LogP contribution in [0.5, 0.6) is 0 Å². The Bertz CT molecular complexity index is 520. The third-order valence-corrected chi connectivity index (χ3v) is 4.13. The number of carbonyl (C=O) groups excluding carboxylic acids is 2. The van der Waals surface area contributed by atoms with Gasteiger partial charge in [-0.25, -0.2) is 0 Å². The molecule has 126 valence electrons. The van der Waals surface area contributed by atoms with E-state index in [4.69, 9.17) is 10.5 Å². The molecule has 1 saturated carbocycles. The monoisotopic (exact) mass is 319 g/mol. The van der Waals surface area contributed by atoms with Crippen LogP contribution in [0.15, 0.2) is 24.3 Å². The first-order chi connectivity index (χ1) is 11.1. The lowest BCUT2D eigenvalue weighted by Crippen LogP contribution is -2.32. The van der Waals surface area contributed by atoms with Gasteiger partial charge in [-0.05, 0) is 37.1 Å². The number of rotatable bonds is 7. The molecule has 2 amide bonds. The number of nitrogens with one attached hydrogen (secondary N) is 2. The molecule has 1 aromatic carbocycles. The van der Waals surface area contributed by atoms with Crippen LogP contribution in [0.2, 0.25) is 0 Å². The van der Waals surface area contributed by atoms with Crippen LogP contribution in [0.3, 0.4) is 0 Å². The largest absolute Gasteiger partial charge is 0.380 e. The third kappa shape index (κ3) is 5.33. The number of hydrogen-bond acceptors (Lipinski definition) is 4. The second-order valence-electron chi connectivity index (χ2n) is 5.88. The van der Waals surface area contributed by atoms with Gasteiger partial charge in [0.15, 0.2) is 0 Å². The van der Waals surface area contributed by atoms with Crippen molar-refractivity contribution in [3.05, 3.63) is 29.8 Å². The molecule has 1 aliphatic rings. The number of methoxy groups -OCH3 is 1. The van der Waals surface area contributed by atoms with E-state index < -0.39 is 0 Å². The smallest absolute Gasteiger partial charge is 0.251 e. The molecule has 1 fully saturated rings. The Kier molecular flexibility index (Phi) is 6.55. The Hall–Kier alpha value is -1.92. The van der Waals surface area contributed by atoms with E-state index in [1.807, 2.05) is 0 Å². The molecular formula is C17H25N3O3. The van der Waals surface area contributed by atoms with Crippen molar-refractivity contribution in [2.75, 3.05) is 19.0 Å². The van der Waals surface area contributed by atoms with Crippen molar-refractivity contribution in [1.29, 1.82) is 0 Å². The molecule has 4 N–H and O–H groups in total. The quantitative estimate of drug-likeness (QED) is 0.712. The molecule has 0 saturated heterocycles. The first kappa shape index (κ1) is 17.4. The predicted molar refractivity (Wildman–Crippen MR) is 89.3 cm³/mol. The SMILES string of the molecule is COC(CN)CC(=O)Nc1ccc(C(=O)NC2CCCC2)cc1. The van der Waals surface area contributed by atoms with E-state index in [1.165, 1.54) is 20.0 Å². The number of ether oxygens (including phenoxy) is 1. The Morgan fingerprint density at radius 3 is 2.48 bits per heavy atom. The highest BCUT2D eigenvalue weighted by atomic mass is 16.5. The van der Waals surface area contributed by atoms with Crippen molar-refractivity contribution in [3.8, 4) is 0 Å². The fraction of sp³-hybridized carbons (Fsp3) is 0.529. The van der Waals surface area contributed by atoms with Crippen LogP contribution in [-0.4, -0.2) is 37.6 Å². The fourth-order valence-electron chi connectivity index (χ4n) is 2.73. The average molecular weight is 319 g/mol. The summed E-state index contributed by atoms with van der Waals surface area (Å²) >= 11 is 0. The van der Waals surface area contributed by atoms with E-state index >= 15 is 0 Å². The Morgan fingerprint density at radius 2 is 1.91 bits per heavy atom. The number of carbonyl (C=O) groups is 2. The Labute approximate surface area is 136 Å². The van der Waals surface area contributed by atoms with E-state index in [1.54, 1.807) is 24.3 Å².